The molecule has 9 aromatic rings. The second-order valence-corrected chi connectivity index (χ2v) is 14.5. The van der Waals surface area contributed by atoms with Gasteiger partial charge in [0.2, 0.25) is 5.95 Å². The van der Waals surface area contributed by atoms with Crippen molar-refractivity contribution in [3.8, 4) is 5.95 Å². The summed E-state index contributed by atoms with van der Waals surface area (Å²) in [5, 5.41) is 9.95. The van der Waals surface area contributed by atoms with Crippen LogP contribution in [0.15, 0.2) is 139 Å². The number of hydrogen-bond acceptors (Lipinski definition) is 4. The number of aromatic nitrogens is 3. The summed E-state index contributed by atoms with van der Waals surface area (Å²) in [5.74, 6) is 1.14. The Morgan fingerprint density at radius 2 is 1.34 bits per heavy atom. The summed E-state index contributed by atoms with van der Waals surface area (Å²) in [4.78, 5) is 12.0. The van der Waals surface area contributed by atoms with Crippen molar-refractivity contribution in [2.24, 2.45) is 5.92 Å². The molecule has 0 radical (unpaired) electrons. The Morgan fingerprint density at radius 1 is 0.638 bits per heavy atom. The standard InChI is InChI=1S/C42H25N3S2/c1-2-12-25-23-26(22-21-24(25)11-1)38-36-30-16-6-10-20-34(30)47-41(36)44-42(43-38)45-32-18-8-5-15-29(32)35-27-13-3-4-14-28(27)40-37(39(35)45)31-17-7-9-19-33(31)46-40/h1-20,22-24H,21H2. The summed E-state index contributed by atoms with van der Waals surface area (Å²) in [7, 11) is 0. The van der Waals surface area contributed by atoms with E-state index < -0.39 is 0 Å². The number of nitrogens with zero attached hydrogens (tertiary/aromatic N) is 3. The molecule has 11 rings (SSSR count). The number of rotatable bonds is 2. The monoisotopic (exact) mass is 635 g/mol. The van der Waals surface area contributed by atoms with Crippen LogP contribution in [0.3, 0.4) is 0 Å². The van der Waals surface area contributed by atoms with E-state index in [0.29, 0.717) is 5.92 Å². The van der Waals surface area contributed by atoms with Gasteiger partial charge in [0.15, 0.2) is 0 Å². The van der Waals surface area contributed by atoms with Crippen LogP contribution in [0, 0.1) is 5.92 Å². The minimum absolute atomic E-state index is 0.422. The van der Waals surface area contributed by atoms with Crippen molar-refractivity contribution < 1.29 is 0 Å². The maximum Gasteiger partial charge on any atom is 0.236 e. The van der Waals surface area contributed by atoms with Crippen molar-refractivity contribution in [3.05, 3.63) is 145 Å². The van der Waals surface area contributed by atoms with E-state index >= 15 is 0 Å². The molecular formula is C42H25N3S2. The second-order valence-electron chi connectivity index (χ2n) is 12.5. The van der Waals surface area contributed by atoms with Gasteiger partial charge in [0.1, 0.15) is 4.83 Å². The molecule has 0 N–H and O–H groups in total. The summed E-state index contributed by atoms with van der Waals surface area (Å²) < 4.78 is 6.19. The molecule has 0 fully saturated rings. The van der Waals surface area contributed by atoms with E-state index in [0.717, 1.165) is 33.8 Å². The maximum absolute atomic E-state index is 5.59. The topological polar surface area (TPSA) is 30.7 Å². The van der Waals surface area contributed by atoms with Crippen molar-refractivity contribution in [1.29, 1.82) is 0 Å². The van der Waals surface area contributed by atoms with Gasteiger partial charge in [-0.25, -0.2) is 9.97 Å². The Labute approximate surface area is 277 Å². The highest BCUT2D eigenvalue weighted by atomic mass is 32.1. The van der Waals surface area contributed by atoms with Gasteiger partial charge in [-0.05, 0) is 47.2 Å². The highest BCUT2D eigenvalue weighted by molar-refractivity contribution is 7.27. The molecule has 4 aromatic heterocycles. The molecule has 0 aliphatic heterocycles. The van der Waals surface area contributed by atoms with Gasteiger partial charge in [-0.3, -0.25) is 4.57 Å². The van der Waals surface area contributed by atoms with E-state index in [1.165, 1.54) is 68.5 Å². The first-order chi connectivity index (χ1) is 23.3. The molecule has 0 saturated heterocycles. The van der Waals surface area contributed by atoms with E-state index in [4.69, 9.17) is 9.97 Å². The highest BCUT2D eigenvalue weighted by Crippen LogP contribution is 2.48. The summed E-state index contributed by atoms with van der Waals surface area (Å²) in [6, 6.07) is 35.2. The fourth-order valence-corrected chi connectivity index (χ4v) is 10.2. The Kier molecular flexibility index (Phi) is 5.26. The van der Waals surface area contributed by atoms with Crippen LogP contribution in [0.25, 0.3) is 84.6 Å². The maximum atomic E-state index is 5.59. The molecule has 1 unspecified atom stereocenters. The number of fused-ring (bicyclic) bond motifs is 14. The number of benzene rings is 5. The van der Waals surface area contributed by atoms with Gasteiger partial charge in [0.05, 0.1) is 16.7 Å². The van der Waals surface area contributed by atoms with Crippen LogP contribution in [-0.4, -0.2) is 14.5 Å². The smallest absolute Gasteiger partial charge is 0.236 e. The highest BCUT2D eigenvalue weighted by Gasteiger charge is 2.26. The number of hydrogen-bond donors (Lipinski definition) is 0. The Hall–Kier alpha value is -5.36. The van der Waals surface area contributed by atoms with Crippen LogP contribution in [0.5, 0.6) is 0 Å². The van der Waals surface area contributed by atoms with E-state index in [1.54, 1.807) is 11.3 Å². The summed E-state index contributed by atoms with van der Waals surface area (Å²) >= 11 is 3.64. The quantitative estimate of drug-likeness (QED) is 0.189. The van der Waals surface area contributed by atoms with E-state index in [2.05, 4.69) is 138 Å². The Morgan fingerprint density at radius 3 is 2.19 bits per heavy atom. The fourth-order valence-electron chi connectivity index (χ4n) is 7.87. The van der Waals surface area contributed by atoms with Crippen molar-refractivity contribution >= 4 is 101 Å². The molecule has 47 heavy (non-hydrogen) atoms. The lowest BCUT2D eigenvalue weighted by atomic mass is 9.84. The van der Waals surface area contributed by atoms with Crippen LogP contribution in [0.1, 0.15) is 12.1 Å². The minimum atomic E-state index is 0.422. The first-order valence-corrected chi connectivity index (χ1v) is 17.7. The van der Waals surface area contributed by atoms with Crippen molar-refractivity contribution in [2.75, 3.05) is 0 Å². The first kappa shape index (κ1) is 25.8. The zero-order valence-corrected chi connectivity index (χ0v) is 26.8. The predicted molar refractivity (Wildman–Crippen MR) is 202 cm³/mol. The average Bonchev–Trinajstić information content (AvgIpc) is 3.81. The minimum Gasteiger partial charge on any atom is -0.277 e. The first-order valence-electron chi connectivity index (χ1n) is 16.0. The zero-order valence-electron chi connectivity index (χ0n) is 25.1. The van der Waals surface area contributed by atoms with Crippen LogP contribution in [-0.2, 0) is 0 Å². The molecule has 2 aliphatic carbocycles. The number of para-hydroxylation sites is 1. The molecule has 220 valence electrons. The molecule has 3 nitrogen and oxygen atoms in total. The summed E-state index contributed by atoms with van der Waals surface area (Å²) in [6.07, 6.45) is 14.5. The fraction of sp³-hybridized carbons (Fsp3) is 0.0476. The van der Waals surface area contributed by atoms with Crippen LogP contribution in [0.4, 0.5) is 0 Å². The molecular weight excluding hydrogens is 611 g/mol. The SMILES string of the molecule is C1=CC2=CC(c3nc(-n4c5ccccc5c5c6ccccc6c6sc7ccccc7c6c54)nc4sc5ccccc5c34)=CCC2C=C1. The lowest BCUT2D eigenvalue weighted by Gasteiger charge is -2.21. The van der Waals surface area contributed by atoms with Gasteiger partial charge < -0.3 is 0 Å². The molecule has 1 atom stereocenters. The normalized spacial score (nSPS) is 16.3. The molecule has 0 bridgehead atoms. The van der Waals surface area contributed by atoms with Crippen LogP contribution in [0.2, 0.25) is 0 Å². The molecule has 0 spiro atoms. The van der Waals surface area contributed by atoms with Crippen molar-refractivity contribution in [2.45, 2.75) is 6.42 Å². The molecule has 5 heteroatoms. The summed E-state index contributed by atoms with van der Waals surface area (Å²) in [6.45, 7) is 0. The van der Waals surface area contributed by atoms with Gasteiger partial charge in [-0.15, -0.1) is 22.7 Å². The zero-order chi connectivity index (χ0) is 30.6. The van der Waals surface area contributed by atoms with Crippen molar-refractivity contribution in [3.63, 3.8) is 0 Å². The van der Waals surface area contributed by atoms with Gasteiger partial charge >= 0.3 is 0 Å². The average molecular weight is 636 g/mol. The number of thiophene rings is 2. The van der Waals surface area contributed by atoms with E-state index in [9.17, 15) is 0 Å². The largest absolute Gasteiger partial charge is 0.277 e. The second kappa shape index (κ2) is 9.58. The van der Waals surface area contributed by atoms with Gasteiger partial charge in [0.25, 0.3) is 0 Å². The van der Waals surface area contributed by atoms with E-state index in [1.807, 2.05) is 11.3 Å². The molecule has 2 aliphatic rings. The number of allylic oxidation sites excluding steroid dienone is 8. The van der Waals surface area contributed by atoms with Crippen LogP contribution < -0.4 is 0 Å². The third-order valence-corrected chi connectivity index (χ3v) is 12.2. The molecule has 0 amide bonds. The van der Waals surface area contributed by atoms with Gasteiger partial charge in [-0.1, -0.05) is 109 Å². The third kappa shape index (κ3) is 3.56. The predicted octanol–water partition coefficient (Wildman–Crippen LogP) is 11.9. The Balaban J connectivity index is 1.33. The summed E-state index contributed by atoms with van der Waals surface area (Å²) in [5.41, 5.74) is 5.83. The van der Waals surface area contributed by atoms with Gasteiger partial charge in [-0.2, -0.15) is 0 Å². The lowest BCUT2D eigenvalue weighted by Crippen LogP contribution is -2.08. The van der Waals surface area contributed by atoms with Gasteiger partial charge in [0, 0.05) is 57.7 Å². The van der Waals surface area contributed by atoms with Crippen LogP contribution >= 0.6 is 22.7 Å². The molecule has 4 heterocycles. The van der Waals surface area contributed by atoms with Crippen molar-refractivity contribution in [1.82, 2.24) is 14.5 Å². The molecule has 0 saturated carbocycles. The third-order valence-electron chi connectivity index (χ3n) is 9.93. The lowest BCUT2D eigenvalue weighted by molar-refractivity contribution is 0.782. The van der Waals surface area contributed by atoms with E-state index in [-0.39, 0.29) is 0 Å². The Bertz CT molecular complexity index is 2940. The molecule has 5 aromatic carbocycles.